The number of rotatable bonds is 4. The summed E-state index contributed by atoms with van der Waals surface area (Å²) in [6.07, 6.45) is 2.95. The molecule has 1 unspecified atom stereocenters. The summed E-state index contributed by atoms with van der Waals surface area (Å²) in [4.78, 5) is 26.1. The molecule has 1 fully saturated rings. The Balaban J connectivity index is 2.05. The third-order valence-electron chi connectivity index (χ3n) is 3.82. The number of ether oxygens (including phenoxy) is 1. The number of nitrogens with one attached hydrogen (secondary N) is 1. The van der Waals surface area contributed by atoms with E-state index in [9.17, 15) is 9.59 Å². The van der Waals surface area contributed by atoms with Gasteiger partial charge in [-0.2, -0.15) is 0 Å². The average Bonchev–Trinajstić information content (AvgIpc) is 2.93. The van der Waals surface area contributed by atoms with Gasteiger partial charge in [0.15, 0.2) is 0 Å². The molecule has 23 heavy (non-hydrogen) atoms. The van der Waals surface area contributed by atoms with E-state index in [4.69, 9.17) is 4.42 Å². The molecule has 1 aliphatic heterocycles. The van der Waals surface area contributed by atoms with E-state index in [0.29, 0.717) is 12.3 Å². The van der Waals surface area contributed by atoms with Crippen LogP contribution in [0.4, 0.5) is 0 Å². The number of amides is 1. The first-order chi connectivity index (χ1) is 10.8. The van der Waals surface area contributed by atoms with Gasteiger partial charge in [-0.15, -0.1) is 0 Å². The number of nitrogens with zero attached hydrogens (tertiary/aromatic N) is 1. The van der Waals surface area contributed by atoms with Crippen LogP contribution in [0.1, 0.15) is 56.3 Å². The van der Waals surface area contributed by atoms with Crippen LogP contribution in [0.25, 0.3) is 0 Å². The summed E-state index contributed by atoms with van der Waals surface area (Å²) < 4.78 is 10.2. The van der Waals surface area contributed by atoms with E-state index in [0.717, 1.165) is 25.8 Å². The van der Waals surface area contributed by atoms with E-state index in [1.807, 2.05) is 20.8 Å². The first kappa shape index (κ1) is 17.5. The highest BCUT2D eigenvalue weighted by Crippen LogP contribution is 2.21. The highest BCUT2D eigenvalue weighted by molar-refractivity contribution is 5.86. The molecular formula is C17H26N2O4. The van der Waals surface area contributed by atoms with Gasteiger partial charge in [-0.1, -0.05) is 6.42 Å². The van der Waals surface area contributed by atoms with Crippen molar-refractivity contribution in [2.75, 3.05) is 13.7 Å². The van der Waals surface area contributed by atoms with E-state index in [1.54, 1.807) is 12.1 Å². The standard InChI is InChI=1S/C17H26N2O4/c1-17(2,3)18-15(20)13-7-5-6-10-19(13)11-12-8-9-14(23-12)16(21)22-4/h8-9,13H,5-7,10-11H2,1-4H3,(H,18,20). The molecule has 2 rings (SSSR count). The summed E-state index contributed by atoms with van der Waals surface area (Å²) in [6, 6.07) is 3.21. The van der Waals surface area contributed by atoms with Gasteiger partial charge < -0.3 is 14.5 Å². The highest BCUT2D eigenvalue weighted by Gasteiger charge is 2.31. The summed E-state index contributed by atoms with van der Waals surface area (Å²) in [5.41, 5.74) is -0.247. The molecule has 1 aromatic heterocycles. The third-order valence-corrected chi connectivity index (χ3v) is 3.82. The van der Waals surface area contributed by atoms with E-state index < -0.39 is 5.97 Å². The number of hydrogen-bond donors (Lipinski definition) is 1. The first-order valence-electron chi connectivity index (χ1n) is 8.03. The third kappa shape index (κ3) is 4.82. The minimum atomic E-state index is -0.489. The van der Waals surface area contributed by atoms with Gasteiger partial charge in [0, 0.05) is 5.54 Å². The van der Waals surface area contributed by atoms with E-state index in [2.05, 4.69) is 15.0 Å². The Bertz CT molecular complexity index is 559. The van der Waals surface area contributed by atoms with Gasteiger partial charge in [-0.3, -0.25) is 9.69 Å². The number of furan rings is 1. The molecule has 1 aliphatic rings. The van der Waals surface area contributed by atoms with Crippen molar-refractivity contribution in [1.82, 2.24) is 10.2 Å². The lowest BCUT2D eigenvalue weighted by Crippen LogP contribution is -2.53. The topological polar surface area (TPSA) is 71.8 Å². The predicted molar refractivity (Wildman–Crippen MR) is 86.0 cm³/mol. The Morgan fingerprint density at radius 2 is 2.09 bits per heavy atom. The Labute approximate surface area is 137 Å². The number of carbonyl (C=O) groups is 2. The van der Waals surface area contributed by atoms with Crippen LogP contribution in [0.5, 0.6) is 0 Å². The van der Waals surface area contributed by atoms with Gasteiger partial charge in [-0.25, -0.2) is 4.79 Å². The van der Waals surface area contributed by atoms with Gasteiger partial charge in [0.05, 0.1) is 19.7 Å². The Hall–Kier alpha value is -1.82. The largest absolute Gasteiger partial charge is 0.463 e. The molecule has 128 valence electrons. The number of likely N-dealkylation sites (tertiary alicyclic amines) is 1. The number of carbonyl (C=O) groups excluding carboxylic acids is 2. The molecular weight excluding hydrogens is 296 g/mol. The van der Waals surface area contributed by atoms with E-state index in [1.165, 1.54) is 7.11 Å². The molecule has 0 bridgehead atoms. The molecule has 6 nitrogen and oxygen atoms in total. The fourth-order valence-corrected chi connectivity index (χ4v) is 2.80. The van der Waals surface area contributed by atoms with Crippen LogP contribution in [0, 0.1) is 0 Å². The molecule has 0 radical (unpaired) electrons. The summed E-state index contributed by atoms with van der Waals surface area (Å²) in [5.74, 6) is 0.421. The SMILES string of the molecule is COC(=O)c1ccc(CN2CCCCC2C(=O)NC(C)(C)C)o1. The maximum absolute atomic E-state index is 12.5. The van der Waals surface area contributed by atoms with Crippen LogP contribution in [0.3, 0.4) is 0 Å². The molecule has 2 heterocycles. The summed E-state index contributed by atoms with van der Waals surface area (Å²) >= 11 is 0. The molecule has 6 heteroatoms. The van der Waals surface area contributed by atoms with Crippen molar-refractivity contribution < 1.29 is 18.7 Å². The van der Waals surface area contributed by atoms with Crippen LogP contribution in [-0.4, -0.2) is 42.0 Å². The van der Waals surface area contributed by atoms with Crippen LogP contribution >= 0.6 is 0 Å². The lowest BCUT2D eigenvalue weighted by Gasteiger charge is -2.35. The zero-order valence-electron chi connectivity index (χ0n) is 14.3. The van der Waals surface area contributed by atoms with Gasteiger partial charge >= 0.3 is 5.97 Å². The van der Waals surface area contributed by atoms with Gasteiger partial charge in [0.2, 0.25) is 11.7 Å². The summed E-state index contributed by atoms with van der Waals surface area (Å²) in [7, 11) is 1.32. The number of esters is 1. The van der Waals surface area contributed by atoms with Crippen LogP contribution in [-0.2, 0) is 16.1 Å². The fourth-order valence-electron chi connectivity index (χ4n) is 2.80. The van der Waals surface area contributed by atoms with E-state index >= 15 is 0 Å². The molecule has 0 aliphatic carbocycles. The highest BCUT2D eigenvalue weighted by atomic mass is 16.5. The molecule has 1 amide bonds. The fraction of sp³-hybridized carbons (Fsp3) is 0.647. The molecule has 1 saturated heterocycles. The average molecular weight is 322 g/mol. The lowest BCUT2D eigenvalue weighted by molar-refractivity contribution is -0.129. The Morgan fingerprint density at radius 3 is 2.74 bits per heavy atom. The monoisotopic (exact) mass is 322 g/mol. The molecule has 1 aromatic rings. The quantitative estimate of drug-likeness (QED) is 0.862. The second kappa shape index (κ2) is 7.17. The van der Waals surface area contributed by atoms with Crippen LogP contribution < -0.4 is 5.32 Å². The molecule has 1 atom stereocenters. The minimum absolute atomic E-state index is 0.0527. The Kier molecular flexibility index (Phi) is 5.46. The zero-order chi connectivity index (χ0) is 17.0. The first-order valence-corrected chi connectivity index (χ1v) is 8.03. The van der Waals surface area contributed by atoms with Crippen molar-refractivity contribution in [1.29, 1.82) is 0 Å². The van der Waals surface area contributed by atoms with Gasteiger partial charge in [0.25, 0.3) is 0 Å². The smallest absolute Gasteiger partial charge is 0.373 e. The van der Waals surface area contributed by atoms with E-state index in [-0.39, 0.29) is 23.2 Å². The van der Waals surface area contributed by atoms with Crippen molar-refractivity contribution in [3.05, 3.63) is 23.7 Å². The molecule has 0 spiro atoms. The van der Waals surface area contributed by atoms with Crippen molar-refractivity contribution in [3.63, 3.8) is 0 Å². The second-order valence-corrected chi connectivity index (χ2v) is 6.98. The molecule has 0 saturated carbocycles. The van der Waals surface area contributed by atoms with Gasteiger partial charge in [0.1, 0.15) is 5.76 Å². The summed E-state index contributed by atoms with van der Waals surface area (Å²) in [6.45, 7) is 7.30. The van der Waals surface area contributed by atoms with Crippen molar-refractivity contribution in [2.24, 2.45) is 0 Å². The van der Waals surface area contributed by atoms with Crippen molar-refractivity contribution in [3.8, 4) is 0 Å². The maximum atomic E-state index is 12.5. The second-order valence-electron chi connectivity index (χ2n) is 6.98. The zero-order valence-corrected chi connectivity index (χ0v) is 14.3. The van der Waals surface area contributed by atoms with Crippen molar-refractivity contribution >= 4 is 11.9 Å². The predicted octanol–water partition coefficient (Wildman–Crippen LogP) is 2.34. The van der Waals surface area contributed by atoms with Gasteiger partial charge in [-0.05, 0) is 52.3 Å². The molecule has 1 N–H and O–H groups in total. The maximum Gasteiger partial charge on any atom is 0.373 e. The normalized spacial score (nSPS) is 19.4. The number of piperidine rings is 1. The minimum Gasteiger partial charge on any atom is -0.463 e. The number of methoxy groups -OCH3 is 1. The summed E-state index contributed by atoms with van der Waals surface area (Å²) in [5, 5.41) is 3.05. The molecule has 0 aromatic carbocycles. The van der Waals surface area contributed by atoms with Crippen LogP contribution in [0.15, 0.2) is 16.5 Å². The van der Waals surface area contributed by atoms with Crippen molar-refractivity contribution in [2.45, 2.75) is 58.2 Å². The lowest BCUT2D eigenvalue weighted by atomic mass is 9.99. The Morgan fingerprint density at radius 1 is 1.35 bits per heavy atom. The van der Waals surface area contributed by atoms with Crippen LogP contribution in [0.2, 0.25) is 0 Å². The number of hydrogen-bond acceptors (Lipinski definition) is 5.